The van der Waals surface area contributed by atoms with Crippen molar-refractivity contribution in [2.45, 2.75) is 49.9 Å². The highest BCUT2D eigenvalue weighted by Crippen LogP contribution is 2.61. The van der Waals surface area contributed by atoms with Crippen molar-refractivity contribution in [1.82, 2.24) is 4.98 Å². The third-order valence-corrected chi connectivity index (χ3v) is 6.04. The number of rotatable bonds is 3. The molecule has 3 aliphatic carbocycles. The number of hydrogen-bond acceptors (Lipinski definition) is 4. The smallest absolute Gasteiger partial charge is 0.361 e. The fourth-order valence-corrected chi connectivity index (χ4v) is 4.74. The first-order valence-electron chi connectivity index (χ1n) is 8.71. The summed E-state index contributed by atoms with van der Waals surface area (Å²) in [5.41, 5.74) is 14.3. The minimum absolute atomic E-state index is 0.233. The maximum atomic E-state index is 12.3. The lowest BCUT2D eigenvalue weighted by Gasteiger charge is -2.61. The number of fused-ring (bicyclic) bond motifs is 1. The van der Waals surface area contributed by atoms with Crippen molar-refractivity contribution in [3.63, 3.8) is 0 Å². The number of alkyl halides is 3. The molecule has 136 valence electrons. The Balaban J connectivity index is 1.43. The van der Waals surface area contributed by atoms with Gasteiger partial charge in [-0.2, -0.15) is 13.2 Å². The Bertz CT molecular complexity index is 701. The molecular formula is C18H23F3N4. The van der Waals surface area contributed by atoms with E-state index < -0.39 is 12.7 Å². The van der Waals surface area contributed by atoms with E-state index >= 15 is 0 Å². The number of nitrogens with one attached hydrogen (secondary N) is 1. The summed E-state index contributed by atoms with van der Waals surface area (Å²) in [4.78, 5) is 4.28. The molecule has 2 saturated carbocycles. The third-order valence-electron chi connectivity index (χ3n) is 6.04. The van der Waals surface area contributed by atoms with Crippen molar-refractivity contribution in [2.75, 3.05) is 11.9 Å². The normalized spacial score (nSPS) is 36.5. The van der Waals surface area contributed by atoms with E-state index in [1.165, 1.54) is 0 Å². The van der Waals surface area contributed by atoms with Crippen LogP contribution in [0.4, 0.5) is 19.0 Å². The number of anilines is 1. The zero-order chi connectivity index (χ0) is 17.9. The Morgan fingerprint density at radius 1 is 1.20 bits per heavy atom. The van der Waals surface area contributed by atoms with Gasteiger partial charge in [0.2, 0.25) is 0 Å². The Morgan fingerprint density at radius 3 is 2.56 bits per heavy atom. The van der Waals surface area contributed by atoms with Gasteiger partial charge in [-0.25, -0.2) is 4.98 Å². The van der Waals surface area contributed by atoms with Crippen LogP contribution in [0.5, 0.6) is 0 Å². The van der Waals surface area contributed by atoms with E-state index in [2.05, 4.69) is 10.3 Å². The zero-order valence-electron chi connectivity index (χ0n) is 13.9. The summed E-state index contributed by atoms with van der Waals surface area (Å²) in [7, 11) is 0. The Morgan fingerprint density at radius 2 is 1.92 bits per heavy atom. The third kappa shape index (κ3) is 3.15. The van der Waals surface area contributed by atoms with E-state index in [4.69, 9.17) is 11.5 Å². The minimum Gasteiger partial charge on any atom is -0.361 e. The summed E-state index contributed by atoms with van der Waals surface area (Å²) >= 11 is 0. The van der Waals surface area contributed by atoms with Crippen LogP contribution in [-0.4, -0.2) is 29.3 Å². The van der Waals surface area contributed by atoms with Crippen molar-refractivity contribution >= 4 is 11.9 Å². The van der Waals surface area contributed by atoms with Gasteiger partial charge >= 0.3 is 6.18 Å². The molecule has 0 aromatic carbocycles. The molecule has 1 heterocycles. The van der Waals surface area contributed by atoms with Crippen molar-refractivity contribution in [3.8, 4) is 0 Å². The van der Waals surface area contributed by atoms with E-state index in [0.717, 1.165) is 31.2 Å². The summed E-state index contributed by atoms with van der Waals surface area (Å²) in [5, 5.41) is 2.32. The molecule has 0 radical (unpaired) electrons. The van der Waals surface area contributed by atoms with Crippen LogP contribution in [0.3, 0.4) is 0 Å². The Labute approximate surface area is 144 Å². The van der Waals surface area contributed by atoms with E-state index in [9.17, 15) is 13.2 Å². The van der Waals surface area contributed by atoms with Crippen LogP contribution < -0.4 is 16.8 Å². The van der Waals surface area contributed by atoms with Crippen LogP contribution in [0.25, 0.3) is 6.08 Å². The summed E-state index contributed by atoms with van der Waals surface area (Å²) in [6.07, 6.45) is 4.72. The van der Waals surface area contributed by atoms with Gasteiger partial charge in [-0.05, 0) is 61.1 Å². The first-order chi connectivity index (χ1) is 11.7. The standard InChI is InChI=1S/C18H23F3N4/c19-18(20,21)10-24-15-2-1-11-5-17(23,4-3-14(11)25-15)12-6-16(7-12)8-13(22)9-16/h1-4,12-13H,5-10,22-23H2,(H,24,25). The van der Waals surface area contributed by atoms with Gasteiger partial charge < -0.3 is 16.8 Å². The van der Waals surface area contributed by atoms with Gasteiger partial charge in [0.1, 0.15) is 12.4 Å². The van der Waals surface area contributed by atoms with Crippen LogP contribution >= 0.6 is 0 Å². The Kier molecular flexibility index (Phi) is 3.67. The molecular weight excluding hydrogens is 329 g/mol. The molecule has 5 N–H and O–H groups in total. The number of aromatic nitrogens is 1. The van der Waals surface area contributed by atoms with Gasteiger partial charge in [0.25, 0.3) is 0 Å². The topological polar surface area (TPSA) is 77.0 Å². The SMILES string of the molecule is NC1CC2(C1)CC(C1(N)C=Cc3nc(NCC(F)(F)F)ccc3C1)C2. The van der Waals surface area contributed by atoms with E-state index in [-0.39, 0.29) is 11.4 Å². The molecule has 4 rings (SSSR count). The lowest BCUT2D eigenvalue weighted by molar-refractivity contribution is -0.115. The van der Waals surface area contributed by atoms with Gasteiger partial charge in [-0.15, -0.1) is 0 Å². The van der Waals surface area contributed by atoms with Gasteiger partial charge in [0, 0.05) is 11.6 Å². The van der Waals surface area contributed by atoms with E-state index in [0.29, 0.717) is 29.5 Å². The van der Waals surface area contributed by atoms with Crippen LogP contribution in [0, 0.1) is 11.3 Å². The molecule has 3 aliphatic rings. The lowest BCUT2D eigenvalue weighted by atomic mass is 9.46. The molecule has 0 bridgehead atoms. The molecule has 25 heavy (non-hydrogen) atoms. The first kappa shape index (κ1) is 16.8. The van der Waals surface area contributed by atoms with Gasteiger partial charge in [-0.1, -0.05) is 12.1 Å². The minimum atomic E-state index is -4.26. The first-order valence-corrected chi connectivity index (χ1v) is 8.71. The largest absolute Gasteiger partial charge is 0.405 e. The van der Waals surface area contributed by atoms with Crippen LogP contribution in [0.2, 0.25) is 0 Å². The molecule has 1 spiro atoms. The fraction of sp³-hybridized carbons (Fsp3) is 0.611. The summed E-state index contributed by atoms with van der Waals surface area (Å²) in [5.74, 6) is 0.670. The Hall–Kier alpha value is -1.60. The molecule has 0 saturated heterocycles. The molecule has 1 aromatic heterocycles. The fourth-order valence-electron chi connectivity index (χ4n) is 4.74. The summed E-state index contributed by atoms with van der Waals surface area (Å²) in [6, 6.07) is 3.78. The molecule has 0 amide bonds. The van der Waals surface area contributed by atoms with Gasteiger partial charge in [0.05, 0.1) is 5.69 Å². The van der Waals surface area contributed by atoms with Crippen molar-refractivity contribution < 1.29 is 13.2 Å². The van der Waals surface area contributed by atoms with Gasteiger partial charge in [-0.3, -0.25) is 0 Å². The average Bonchev–Trinajstić information content (AvgIpc) is 2.46. The van der Waals surface area contributed by atoms with Crippen LogP contribution in [-0.2, 0) is 6.42 Å². The second-order valence-electron chi connectivity index (χ2n) is 8.11. The highest BCUT2D eigenvalue weighted by Gasteiger charge is 2.56. The second-order valence-corrected chi connectivity index (χ2v) is 8.11. The molecule has 1 aromatic rings. The number of hydrogen-bond donors (Lipinski definition) is 3. The second kappa shape index (κ2) is 5.45. The van der Waals surface area contributed by atoms with E-state index in [1.54, 1.807) is 6.07 Å². The molecule has 7 heteroatoms. The zero-order valence-corrected chi connectivity index (χ0v) is 13.9. The molecule has 1 atom stereocenters. The monoisotopic (exact) mass is 352 g/mol. The van der Waals surface area contributed by atoms with Crippen LogP contribution in [0.1, 0.15) is 36.9 Å². The highest BCUT2D eigenvalue weighted by molar-refractivity contribution is 5.58. The average molecular weight is 352 g/mol. The number of pyridine rings is 1. The predicted octanol–water partition coefficient (Wildman–Crippen LogP) is 2.84. The van der Waals surface area contributed by atoms with Crippen molar-refractivity contribution in [3.05, 3.63) is 29.5 Å². The van der Waals surface area contributed by atoms with Crippen LogP contribution in [0.15, 0.2) is 18.2 Å². The highest BCUT2D eigenvalue weighted by atomic mass is 19.4. The van der Waals surface area contributed by atoms with Gasteiger partial charge in [0.15, 0.2) is 0 Å². The van der Waals surface area contributed by atoms with Crippen molar-refractivity contribution in [2.24, 2.45) is 22.8 Å². The molecule has 4 nitrogen and oxygen atoms in total. The maximum Gasteiger partial charge on any atom is 0.405 e. The summed E-state index contributed by atoms with van der Waals surface area (Å²) in [6.45, 7) is -1.09. The molecule has 2 fully saturated rings. The number of halogens is 3. The van der Waals surface area contributed by atoms with E-state index in [1.807, 2.05) is 18.2 Å². The molecule has 1 unspecified atom stereocenters. The lowest BCUT2D eigenvalue weighted by Crippen LogP contribution is -2.61. The predicted molar refractivity (Wildman–Crippen MR) is 90.8 cm³/mol. The number of nitrogens with zero attached hydrogens (tertiary/aromatic N) is 1. The summed E-state index contributed by atoms with van der Waals surface area (Å²) < 4.78 is 36.9. The number of nitrogens with two attached hydrogens (primary N) is 2. The quantitative estimate of drug-likeness (QED) is 0.782. The molecule has 0 aliphatic heterocycles. The van der Waals surface area contributed by atoms with Crippen molar-refractivity contribution in [1.29, 1.82) is 0 Å². The maximum absolute atomic E-state index is 12.3.